The van der Waals surface area contributed by atoms with E-state index in [-0.39, 0.29) is 13.2 Å². The minimum absolute atomic E-state index is 0.195. The molecule has 1 aliphatic heterocycles. The summed E-state index contributed by atoms with van der Waals surface area (Å²) in [6.45, 7) is 10.7. The van der Waals surface area contributed by atoms with Gasteiger partial charge in [-0.25, -0.2) is 0 Å². The molecule has 176 valence electrons. The fourth-order valence-electron chi connectivity index (χ4n) is 3.92. The molecule has 1 aliphatic rings. The molecule has 1 atom stereocenters. The number of likely N-dealkylation sites (N-methyl/N-ethyl adjacent to an activating group) is 1. The van der Waals surface area contributed by atoms with E-state index in [9.17, 15) is 5.11 Å². The van der Waals surface area contributed by atoms with Crippen molar-refractivity contribution in [3.63, 3.8) is 0 Å². The maximum absolute atomic E-state index is 11.3. The zero-order valence-electron chi connectivity index (χ0n) is 20.2. The highest BCUT2D eigenvalue weighted by molar-refractivity contribution is 5.42. The van der Waals surface area contributed by atoms with E-state index in [0.717, 1.165) is 47.8 Å². The van der Waals surface area contributed by atoms with Gasteiger partial charge in [0.15, 0.2) is 0 Å². The summed E-state index contributed by atoms with van der Waals surface area (Å²) in [5.41, 5.74) is 3.54. The normalized spacial score (nSPS) is 19.7. The van der Waals surface area contributed by atoms with Gasteiger partial charge in [-0.2, -0.15) is 0 Å². The van der Waals surface area contributed by atoms with Gasteiger partial charge < -0.3 is 24.2 Å². The highest BCUT2D eigenvalue weighted by atomic mass is 16.5. The Kier molecular flexibility index (Phi) is 8.54. The van der Waals surface area contributed by atoms with Crippen LogP contribution in [0.15, 0.2) is 36.4 Å². The maximum atomic E-state index is 11.3. The second-order valence-corrected chi connectivity index (χ2v) is 9.28. The SMILES string of the molecule is Cc1cc(C)c(C)c(OCC2(O)COCCN(Cc3cccc(OCCN(C)C)c3)C2)c1. The van der Waals surface area contributed by atoms with Crippen LogP contribution < -0.4 is 9.47 Å². The number of β-amino-alcohol motifs (C(OH)–C–C–N with tert-alkyl or cyclic N) is 1. The van der Waals surface area contributed by atoms with Crippen LogP contribution in [0, 0.1) is 20.8 Å². The van der Waals surface area contributed by atoms with E-state index in [2.05, 4.69) is 48.8 Å². The van der Waals surface area contributed by atoms with Crippen molar-refractivity contribution >= 4 is 0 Å². The van der Waals surface area contributed by atoms with Crippen LogP contribution in [0.2, 0.25) is 0 Å². The first-order valence-corrected chi connectivity index (χ1v) is 11.3. The molecule has 2 aromatic rings. The van der Waals surface area contributed by atoms with Crippen LogP contribution >= 0.6 is 0 Å². The van der Waals surface area contributed by atoms with Crippen molar-refractivity contribution in [1.29, 1.82) is 0 Å². The zero-order chi connectivity index (χ0) is 23.1. The van der Waals surface area contributed by atoms with Gasteiger partial charge in [0.2, 0.25) is 0 Å². The van der Waals surface area contributed by atoms with E-state index >= 15 is 0 Å². The minimum Gasteiger partial charge on any atom is -0.492 e. The van der Waals surface area contributed by atoms with Crippen molar-refractivity contribution in [2.75, 3.05) is 60.2 Å². The quantitative estimate of drug-likeness (QED) is 0.644. The second kappa shape index (κ2) is 11.1. The molecule has 1 saturated heterocycles. The van der Waals surface area contributed by atoms with Gasteiger partial charge in [-0.15, -0.1) is 0 Å². The van der Waals surface area contributed by atoms with Crippen molar-refractivity contribution in [2.45, 2.75) is 32.9 Å². The maximum Gasteiger partial charge on any atom is 0.134 e. The first-order valence-electron chi connectivity index (χ1n) is 11.3. The van der Waals surface area contributed by atoms with Gasteiger partial charge in [0.25, 0.3) is 0 Å². The lowest BCUT2D eigenvalue weighted by Crippen LogP contribution is -2.48. The Morgan fingerprint density at radius 1 is 1.12 bits per heavy atom. The highest BCUT2D eigenvalue weighted by Gasteiger charge is 2.33. The van der Waals surface area contributed by atoms with Gasteiger partial charge in [-0.1, -0.05) is 18.2 Å². The van der Waals surface area contributed by atoms with Crippen LogP contribution in [0.5, 0.6) is 11.5 Å². The van der Waals surface area contributed by atoms with Gasteiger partial charge >= 0.3 is 0 Å². The predicted molar refractivity (Wildman–Crippen MR) is 128 cm³/mol. The molecule has 0 spiro atoms. The molecule has 1 heterocycles. The smallest absolute Gasteiger partial charge is 0.134 e. The largest absolute Gasteiger partial charge is 0.492 e. The standard InChI is InChI=1S/C26H38N2O4/c1-20-13-21(2)22(3)25(14-20)32-19-26(29)17-28(10-11-30-18-26)16-23-7-6-8-24(15-23)31-12-9-27(4)5/h6-8,13-15,29H,9-12,16-19H2,1-5H3. The van der Waals surface area contributed by atoms with Crippen LogP contribution in [0.1, 0.15) is 22.3 Å². The lowest BCUT2D eigenvalue weighted by Gasteiger charge is -2.31. The summed E-state index contributed by atoms with van der Waals surface area (Å²) in [4.78, 5) is 4.33. The van der Waals surface area contributed by atoms with Crippen molar-refractivity contribution in [1.82, 2.24) is 9.80 Å². The summed E-state index contributed by atoms with van der Waals surface area (Å²) in [7, 11) is 4.07. The molecule has 32 heavy (non-hydrogen) atoms. The molecule has 2 aromatic carbocycles. The van der Waals surface area contributed by atoms with Crippen LogP contribution in [0.4, 0.5) is 0 Å². The van der Waals surface area contributed by atoms with E-state index in [4.69, 9.17) is 14.2 Å². The van der Waals surface area contributed by atoms with Gasteiger partial charge in [0, 0.05) is 26.2 Å². The molecule has 0 amide bonds. The molecule has 6 heteroatoms. The van der Waals surface area contributed by atoms with E-state index < -0.39 is 5.60 Å². The summed E-state index contributed by atoms with van der Waals surface area (Å²) in [6.07, 6.45) is 0. The summed E-state index contributed by atoms with van der Waals surface area (Å²) in [6, 6.07) is 12.4. The predicted octanol–water partition coefficient (Wildman–Crippen LogP) is 3.19. The van der Waals surface area contributed by atoms with E-state index in [1.54, 1.807) is 0 Å². The lowest BCUT2D eigenvalue weighted by atomic mass is 10.0. The number of rotatable bonds is 9. The minimum atomic E-state index is -1.07. The Bertz CT molecular complexity index is 886. The number of aryl methyl sites for hydroxylation is 2. The number of nitrogens with zero attached hydrogens (tertiary/aromatic N) is 2. The first kappa shape index (κ1) is 24.5. The van der Waals surface area contributed by atoms with Crippen molar-refractivity contribution < 1.29 is 19.3 Å². The van der Waals surface area contributed by atoms with Gasteiger partial charge in [-0.05, 0) is 75.3 Å². The molecule has 1 fully saturated rings. The van der Waals surface area contributed by atoms with Crippen molar-refractivity contribution in [3.8, 4) is 11.5 Å². The summed E-state index contributed by atoms with van der Waals surface area (Å²) < 4.78 is 17.7. The molecular weight excluding hydrogens is 404 g/mol. The summed E-state index contributed by atoms with van der Waals surface area (Å²) in [5, 5.41) is 11.3. The average molecular weight is 443 g/mol. The highest BCUT2D eigenvalue weighted by Crippen LogP contribution is 2.25. The Morgan fingerprint density at radius 3 is 2.72 bits per heavy atom. The Balaban J connectivity index is 1.62. The van der Waals surface area contributed by atoms with E-state index in [1.165, 1.54) is 5.56 Å². The average Bonchev–Trinajstić information content (AvgIpc) is 2.91. The van der Waals surface area contributed by atoms with Crippen LogP contribution in [-0.2, 0) is 11.3 Å². The molecule has 6 nitrogen and oxygen atoms in total. The van der Waals surface area contributed by atoms with Crippen LogP contribution in [-0.4, -0.2) is 80.7 Å². The monoisotopic (exact) mass is 442 g/mol. The van der Waals surface area contributed by atoms with Gasteiger partial charge in [0.1, 0.15) is 30.3 Å². The number of benzene rings is 2. The third kappa shape index (κ3) is 7.20. The van der Waals surface area contributed by atoms with Gasteiger partial charge in [0.05, 0.1) is 13.2 Å². The molecule has 3 rings (SSSR count). The van der Waals surface area contributed by atoms with E-state index in [0.29, 0.717) is 19.8 Å². The first-order chi connectivity index (χ1) is 15.2. The topological polar surface area (TPSA) is 54.4 Å². The molecule has 0 saturated carbocycles. The summed E-state index contributed by atoms with van der Waals surface area (Å²) in [5.74, 6) is 1.70. The number of hydrogen-bond donors (Lipinski definition) is 1. The van der Waals surface area contributed by atoms with Crippen LogP contribution in [0.3, 0.4) is 0 Å². The molecule has 0 bridgehead atoms. The Morgan fingerprint density at radius 2 is 1.94 bits per heavy atom. The molecule has 0 aliphatic carbocycles. The zero-order valence-corrected chi connectivity index (χ0v) is 20.2. The number of ether oxygens (including phenoxy) is 3. The Hall–Kier alpha value is -2.12. The molecule has 0 aromatic heterocycles. The molecule has 0 radical (unpaired) electrons. The number of hydrogen-bond acceptors (Lipinski definition) is 6. The van der Waals surface area contributed by atoms with E-state index in [1.807, 2.05) is 32.3 Å². The van der Waals surface area contributed by atoms with Gasteiger partial charge in [-0.3, -0.25) is 4.90 Å². The number of aliphatic hydroxyl groups is 1. The lowest BCUT2D eigenvalue weighted by molar-refractivity contribution is -0.0647. The van der Waals surface area contributed by atoms with Crippen molar-refractivity contribution in [3.05, 3.63) is 58.7 Å². The van der Waals surface area contributed by atoms with Crippen molar-refractivity contribution in [2.24, 2.45) is 0 Å². The molecular formula is C26H38N2O4. The van der Waals surface area contributed by atoms with Crippen LogP contribution in [0.25, 0.3) is 0 Å². The third-order valence-electron chi connectivity index (χ3n) is 5.81. The molecule has 1 unspecified atom stereocenters. The fraction of sp³-hybridized carbons (Fsp3) is 0.538. The third-order valence-corrected chi connectivity index (χ3v) is 5.81. The molecule has 1 N–H and O–H groups in total. The second-order valence-electron chi connectivity index (χ2n) is 9.28. The Labute approximate surface area is 192 Å². The fourth-order valence-corrected chi connectivity index (χ4v) is 3.92. The summed E-state index contributed by atoms with van der Waals surface area (Å²) >= 11 is 0.